The van der Waals surface area contributed by atoms with Crippen LogP contribution in [0.3, 0.4) is 0 Å². The van der Waals surface area contributed by atoms with Gasteiger partial charge in [-0.2, -0.15) is 0 Å². The van der Waals surface area contributed by atoms with Crippen molar-refractivity contribution < 1.29 is 4.79 Å². The van der Waals surface area contributed by atoms with E-state index >= 15 is 0 Å². The average molecular weight is 252 g/mol. The molecule has 0 aliphatic carbocycles. The molecular weight excluding hydrogens is 236 g/mol. The quantitative estimate of drug-likeness (QED) is 0.642. The molecule has 0 bridgehead atoms. The minimum atomic E-state index is -1.35. The molecule has 1 rings (SSSR count). The molecule has 1 aromatic rings. The van der Waals surface area contributed by atoms with Gasteiger partial charge in [0.15, 0.2) is 0 Å². The summed E-state index contributed by atoms with van der Waals surface area (Å²) in [7, 11) is 0.281. The highest BCUT2D eigenvalue weighted by Gasteiger charge is 2.08. The summed E-state index contributed by atoms with van der Waals surface area (Å²) in [6.07, 6.45) is 0.343. The summed E-state index contributed by atoms with van der Waals surface area (Å²) >= 11 is 1.48. The van der Waals surface area contributed by atoms with Crippen LogP contribution in [-0.2, 0) is 11.2 Å². The van der Waals surface area contributed by atoms with Gasteiger partial charge in [-0.3, -0.25) is 4.79 Å². The van der Waals surface area contributed by atoms with E-state index in [1.54, 1.807) is 7.05 Å². The Bertz CT molecular complexity index is 437. The Morgan fingerprint density at radius 3 is 2.81 bits per heavy atom. The maximum absolute atomic E-state index is 11.1. The van der Waals surface area contributed by atoms with Gasteiger partial charge in [-0.15, -0.1) is 16.9 Å². The molecule has 0 spiro atoms. The third kappa shape index (κ3) is 4.60. The van der Waals surface area contributed by atoms with E-state index in [0.29, 0.717) is 6.42 Å². The summed E-state index contributed by atoms with van der Waals surface area (Å²) in [5, 5.41) is 5.30. The summed E-state index contributed by atoms with van der Waals surface area (Å²) in [5.41, 5.74) is 4.03. The van der Waals surface area contributed by atoms with Crippen LogP contribution in [0.1, 0.15) is 10.7 Å². The van der Waals surface area contributed by atoms with Gasteiger partial charge in [0.05, 0.1) is 6.42 Å². The zero-order chi connectivity index (χ0) is 12.2. The van der Waals surface area contributed by atoms with Crippen LogP contribution in [0.5, 0.6) is 0 Å². The second kappa shape index (κ2) is 5.28. The van der Waals surface area contributed by atoms with Crippen LogP contribution >= 0.6 is 11.3 Å². The monoisotopic (exact) mass is 252 g/mol. The van der Waals surface area contributed by atoms with Crippen LogP contribution in [-0.4, -0.2) is 26.0 Å². The molecule has 0 aliphatic rings. The summed E-state index contributed by atoms with van der Waals surface area (Å²) in [6, 6.07) is 0. The van der Waals surface area contributed by atoms with Crippen molar-refractivity contribution in [3.8, 4) is 11.5 Å². The lowest BCUT2D eigenvalue weighted by Crippen LogP contribution is -2.19. The third-order valence-corrected chi connectivity index (χ3v) is 3.43. The molecule has 1 heterocycles. The standard InChI is InChI=1S/C11H16N2OSSi/c1-12-10(14)7-11-13-9(8-15-11)5-6-16(2,3)4/h8H,7H2,1-4H3,(H,12,14). The van der Waals surface area contributed by atoms with Crippen molar-refractivity contribution in [2.45, 2.75) is 26.1 Å². The molecule has 0 aromatic carbocycles. The molecule has 5 heteroatoms. The zero-order valence-corrected chi connectivity index (χ0v) is 11.9. The van der Waals surface area contributed by atoms with Crippen LogP contribution in [0, 0.1) is 11.5 Å². The number of carbonyl (C=O) groups is 1. The number of likely N-dealkylation sites (N-methyl/N-ethyl adjacent to an activating group) is 1. The van der Waals surface area contributed by atoms with E-state index in [0.717, 1.165) is 10.7 Å². The van der Waals surface area contributed by atoms with Crippen LogP contribution in [0.2, 0.25) is 19.6 Å². The fourth-order valence-electron chi connectivity index (χ4n) is 0.927. The molecule has 0 unspecified atom stereocenters. The first-order valence-corrected chi connectivity index (χ1v) is 9.47. The van der Waals surface area contributed by atoms with Crippen LogP contribution in [0.4, 0.5) is 0 Å². The van der Waals surface area contributed by atoms with E-state index in [4.69, 9.17) is 0 Å². The maximum atomic E-state index is 11.1. The minimum Gasteiger partial charge on any atom is -0.359 e. The van der Waals surface area contributed by atoms with Gasteiger partial charge in [0.2, 0.25) is 5.91 Å². The van der Waals surface area contributed by atoms with Crippen molar-refractivity contribution in [1.82, 2.24) is 10.3 Å². The molecule has 0 radical (unpaired) electrons. The number of thiazole rings is 1. The number of hydrogen-bond donors (Lipinski definition) is 1. The number of nitrogens with one attached hydrogen (secondary N) is 1. The molecule has 86 valence electrons. The highest BCUT2D eigenvalue weighted by molar-refractivity contribution is 7.09. The normalized spacial score (nSPS) is 10.5. The van der Waals surface area contributed by atoms with Crippen LogP contribution < -0.4 is 5.32 Å². The second-order valence-corrected chi connectivity index (χ2v) is 10.2. The molecule has 1 N–H and O–H groups in total. The van der Waals surface area contributed by atoms with Gasteiger partial charge in [0.1, 0.15) is 18.8 Å². The van der Waals surface area contributed by atoms with Crippen molar-refractivity contribution in [2.75, 3.05) is 7.05 Å². The van der Waals surface area contributed by atoms with Crippen molar-refractivity contribution in [3.05, 3.63) is 16.1 Å². The Hall–Kier alpha value is -1.12. The molecule has 16 heavy (non-hydrogen) atoms. The predicted molar refractivity (Wildman–Crippen MR) is 70.1 cm³/mol. The van der Waals surface area contributed by atoms with E-state index < -0.39 is 8.07 Å². The fraction of sp³-hybridized carbons (Fsp3) is 0.455. The molecule has 0 aliphatic heterocycles. The number of hydrogen-bond acceptors (Lipinski definition) is 3. The molecule has 1 aromatic heterocycles. The Morgan fingerprint density at radius 2 is 2.25 bits per heavy atom. The minimum absolute atomic E-state index is 0.0148. The number of amides is 1. The highest BCUT2D eigenvalue weighted by atomic mass is 32.1. The van der Waals surface area contributed by atoms with Crippen molar-refractivity contribution in [1.29, 1.82) is 0 Å². The number of carbonyl (C=O) groups excluding carboxylic acids is 1. The molecule has 0 saturated heterocycles. The van der Waals surface area contributed by atoms with Crippen molar-refractivity contribution in [2.24, 2.45) is 0 Å². The van der Waals surface area contributed by atoms with Gasteiger partial charge >= 0.3 is 0 Å². The number of aromatic nitrogens is 1. The van der Waals surface area contributed by atoms with E-state index in [1.807, 2.05) is 5.38 Å². The lowest BCUT2D eigenvalue weighted by atomic mass is 10.4. The smallest absolute Gasteiger partial charge is 0.226 e. The van der Waals surface area contributed by atoms with Gasteiger partial charge in [0, 0.05) is 12.4 Å². The lowest BCUT2D eigenvalue weighted by Gasteiger charge is -2.02. The van der Waals surface area contributed by atoms with Gasteiger partial charge in [-0.1, -0.05) is 25.6 Å². The first kappa shape index (κ1) is 12.9. The molecule has 3 nitrogen and oxygen atoms in total. The van der Waals surface area contributed by atoms with Gasteiger partial charge in [-0.25, -0.2) is 4.98 Å². The summed E-state index contributed by atoms with van der Waals surface area (Å²) in [4.78, 5) is 15.4. The van der Waals surface area contributed by atoms with Gasteiger partial charge in [-0.05, 0) is 0 Å². The number of nitrogens with zero attached hydrogens (tertiary/aromatic N) is 1. The Labute approximate surface area is 101 Å². The molecule has 0 saturated carbocycles. The second-order valence-electron chi connectivity index (χ2n) is 4.48. The molecular formula is C11H16N2OSSi. The van der Waals surface area contributed by atoms with Gasteiger partial charge < -0.3 is 5.32 Å². The van der Waals surface area contributed by atoms with Crippen LogP contribution in [0.15, 0.2) is 5.38 Å². The maximum Gasteiger partial charge on any atom is 0.226 e. The van der Waals surface area contributed by atoms with Gasteiger partial charge in [0.25, 0.3) is 0 Å². The predicted octanol–water partition coefficient (Wildman–Crippen LogP) is 1.66. The first-order chi connectivity index (χ1) is 7.40. The molecule has 1 amide bonds. The fourth-order valence-corrected chi connectivity index (χ4v) is 2.15. The topological polar surface area (TPSA) is 42.0 Å². The first-order valence-electron chi connectivity index (χ1n) is 5.09. The summed E-state index contributed by atoms with van der Waals surface area (Å²) in [6.45, 7) is 6.58. The third-order valence-electron chi connectivity index (χ3n) is 1.71. The molecule has 0 fully saturated rings. The zero-order valence-electron chi connectivity index (χ0n) is 10.0. The number of rotatable bonds is 2. The van der Waals surface area contributed by atoms with Crippen molar-refractivity contribution in [3.63, 3.8) is 0 Å². The Kier molecular flexibility index (Phi) is 4.27. The summed E-state index contributed by atoms with van der Waals surface area (Å²) < 4.78 is 0. The van der Waals surface area contributed by atoms with E-state index in [9.17, 15) is 4.79 Å². The summed E-state index contributed by atoms with van der Waals surface area (Å²) in [5.74, 6) is 3.06. The van der Waals surface area contributed by atoms with Crippen molar-refractivity contribution >= 4 is 25.3 Å². The van der Waals surface area contributed by atoms with Crippen LogP contribution in [0.25, 0.3) is 0 Å². The lowest BCUT2D eigenvalue weighted by molar-refractivity contribution is -0.119. The SMILES string of the molecule is CNC(=O)Cc1nc(C#C[Si](C)(C)C)cs1. The van der Waals surface area contributed by atoms with E-state index in [2.05, 4.69) is 41.4 Å². The van der Waals surface area contributed by atoms with E-state index in [-0.39, 0.29) is 5.91 Å². The average Bonchev–Trinajstić information content (AvgIpc) is 2.61. The largest absolute Gasteiger partial charge is 0.359 e. The highest BCUT2D eigenvalue weighted by Crippen LogP contribution is 2.09. The Morgan fingerprint density at radius 1 is 1.56 bits per heavy atom. The Balaban J connectivity index is 2.71. The van der Waals surface area contributed by atoms with E-state index in [1.165, 1.54) is 11.3 Å². The molecule has 0 atom stereocenters.